The number of anilines is 1. The zero-order valence-corrected chi connectivity index (χ0v) is 23.3. The maximum absolute atomic E-state index is 14.1. The molecule has 0 saturated carbocycles. The Kier molecular flexibility index (Phi) is 6.99. The fraction of sp³-hybridized carbons (Fsp3) is 0.400. The van der Waals surface area contributed by atoms with Crippen LogP contribution < -0.4 is 10.2 Å². The number of para-hydroxylation sites is 1. The van der Waals surface area contributed by atoms with Crippen LogP contribution in [0.2, 0.25) is 5.02 Å². The molecule has 0 unspecified atom stereocenters. The van der Waals surface area contributed by atoms with Crippen molar-refractivity contribution in [1.29, 1.82) is 5.26 Å². The van der Waals surface area contributed by atoms with Gasteiger partial charge in [0.2, 0.25) is 5.91 Å². The van der Waals surface area contributed by atoms with Gasteiger partial charge in [0.05, 0.1) is 12.6 Å². The van der Waals surface area contributed by atoms with Crippen molar-refractivity contribution in [1.82, 2.24) is 19.7 Å². The lowest BCUT2D eigenvalue weighted by Gasteiger charge is -2.47. The summed E-state index contributed by atoms with van der Waals surface area (Å²) in [6.45, 7) is 2.39. The molecule has 2 fully saturated rings. The summed E-state index contributed by atoms with van der Waals surface area (Å²) in [7, 11) is 0. The largest absolute Gasteiger partial charge is 0.465 e. The first-order chi connectivity index (χ1) is 19.8. The number of amides is 4. The van der Waals surface area contributed by atoms with Gasteiger partial charge < -0.3 is 29.7 Å². The number of carboxylic acid groups (broad SMARTS) is 1. The van der Waals surface area contributed by atoms with E-state index in [2.05, 4.69) is 22.0 Å². The summed E-state index contributed by atoms with van der Waals surface area (Å²) in [5.41, 5.74) is 2.96. The van der Waals surface area contributed by atoms with Gasteiger partial charge in [-0.3, -0.25) is 4.79 Å². The normalized spacial score (nSPS) is 18.0. The maximum Gasteiger partial charge on any atom is 0.407 e. The highest BCUT2D eigenvalue weighted by atomic mass is 35.5. The molecule has 2 aromatic carbocycles. The van der Waals surface area contributed by atoms with Gasteiger partial charge in [0.15, 0.2) is 0 Å². The molecule has 3 aliphatic rings. The van der Waals surface area contributed by atoms with Gasteiger partial charge >= 0.3 is 12.1 Å². The molecular weight excluding hydrogens is 544 g/mol. The molecule has 3 aromatic rings. The summed E-state index contributed by atoms with van der Waals surface area (Å²) in [5, 5.41) is 22.9. The van der Waals surface area contributed by atoms with E-state index in [-0.39, 0.29) is 18.0 Å². The Labute approximate surface area is 242 Å². The molecule has 6 rings (SSSR count). The SMILES string of the molecule is N#CCCCn1c(CN2C(=O)C3(CN(C(=O)NC4CCN(C(=O)O)CC4)C3)c3ccccc32)cc2cc(Cl)ccc21. The summed E-state index contributed by atoms with van der Waals surface area (Å²) in [5.74, 6) is -0.0237. The number of nitrogens with zero attached hydrogens (tertiary/aromatic N) is 5. The van der Waals surface area contributed by atoms with Crippen LogP contribution >= 0.6 is 11.6 Å². The number of fused-ring (bicyclic) bond motifs is 3. The molecule has 1 spiro atoms. The van der Waals surface area contributed by atoms with Crippen LogP contribution in [-0.2, 0) is 23.3 Å². The third kappa shape index (κ3) is 4.74. The van der Waals surface area contributed by atoms with Gasteiger partial charge in [-0.2, -0.15) is 5.26 Å². The quantitative estimate of drug-likeness (QED) is 0.418. The average Bonchev–Trinajstić information content (AvgIpc) is 3.39. The zero-order valence-electron chi connectivity index (χ0n) is 22.6. The van der Waals surface area contributed by atoms with Crippen molar-refractivity contribution in [2.45, 2.75) is 50.2 Å². The van der Waals surface area contributed by atoms with E-state index in [0.29, 0.717) is 70.0 Å². The lowest BCUT2D eigenvalue weighted by atomic mass is 9.75. The number of halogens is 1. The smallest absolute Gasteiger partial charge is 0.407 e. The highest BCUT2D eigenvalue weighted by Crippen LogP contribution is 2.48. The second kappa shape index (κ2) is 10.6. The van der Waals surface area contributed by atoms with E-state index in [9.17, 15) is 14.4 Å². The molecule has 0 radical (unpaired) electrons. The predicted molar refractivity (Wildman–Crippen MR) is 154 cm³/mol. The number of aryl methyl sites for hydroxylation is 1. The number of carbonyl (C=O) groups is 3. The molecule has 11 heteroatoms. The number of likely N-dealkylation sites (tertiary alicyclic amines) is 2. The molecular formula is C30H31ClN6O4. The second-order valence-corrected chi connectivity index (χ2v) is 11.5. The number of aromatic nitrogens is 1. The molecule has 2 saturated heterocycles. The van der Waals surface area contributed by atoms with Crippen molar-refractivity contribution in [3.8, 4) is 6.07 Å². The Bertz CT molecular complexity index is 1560. The fourth-order valence-electron chi connectivity index (χ4n) is 6.46. The van der Waals surface area contributed by atoms with Gasteiger partial charge in [0.25, 0.3) is 0 Å². The molecule has 3 aliphatic heterocycles. The zero-order chi connectivity index (χ0) is 28.7. The van der Waals surface area contributed by atoms with Crippen LogP contribution in [0.4, 0.5) is 15.3 Å². The molecule has 2 N–H and O–H groups in total. The molecule has 0 bridgehead atoms. The lowest BCUT2D eigenvalue weighted by Crippen LogP contribution is -2.67. The summed E-state index contributed by atoms with van der Waals surface area (Å²) in [6, 6.07) is 17.5. The third-order valence-corrected chi connectivity index (χ3v) is 8.84. The van der Waals surface area contributed by atoms with Crippen molar-refractivity contribution >= 4 is 46.2 Å². The van der Waals surface area contributed by atoms with Crippen LogP contribution in [0.5, 0.6) is 0 Å². The van der Waals surface area contributed by atoms with Crippen LogP contribution in [0.1, 0.15) is 36.9 Å². The van der Waals surface area contributed by atoms with E-state index >= 15 is 0 Å². The Morgan fingerprint density at radius 2 is 1.85 bits per heavy atom. The maximum atomic E-state index is 14.1. The highest BCUT2D eigenvalue weighted by molar-refractivity contribution is 6.31. The van der Waals surface area contributed by atoms with Crippen molar-refractivity contribution in [2.75, 3.05) is 31.1 Å². The monoisotopic (exact) mass is 574 g/mol. The van der Waals surface area contributed by atoms with Crippen LogP contribution in [0.3, 0.4) is 0 Å². The minimum Gasteiger partial charge on any atom is -0.465 e. The van der Waals surface area contributed by atoms with Crippen LogP contribution in [0.15, 0.2) is 48.5 Å². The van der Waals surface area contributed by atoms with Crippen molar-refractivity contribution in [3.05, 3.63) is 64.8 Å². The van der Waals surface area contributed by atoms with E-state index in [1.807, 2.05) is 47.4 Å². The van der Waals surface area contributed by atoms with Gasteiger partial charge in [-0.15, -0.1) is 0 Å². The summed E-state index contributed by atoms with van der Waals surface area (Å²) in [4.78, 5) is 43.2. The molecule has 4 amide bonds. The molecule has 1 aromatic heterocycles. The number of nitrogens with one attached hydrogen (secondary N) is 1. The third-order valence-electron chi connectivity index (χ3n) is 8.61. The number of carbonyl (C=O) groups excluding carboxylic acids is 2. The van der Waals surface area contributed by atoms with Crippen LogP contribution in [0, 0.1) is 11.3 Å². The molecule has 10 nitrogen and oxygen atoms in total. The number of hydrogen-bond donors (Lipinski definition) is 2. The van der Waals surface area contributed by atoms with E-state index in [1.165, 1.54) is 4.90 Å². The van der Waals surface area contributed by atoms with Crippen molar-refractivity contribution in [3.63, 3.8) is 0 Å². The van der Waals surface area contributed by atoms with Crippen LogP contribution in [-0.4, -0.2) is 69.7 Å². The molecule has 0 aliphatic carbocycles. The minimum absolute atomic E-state index is 0.0237. The van der Waals surface area contributed by atoms with E-state index in [4.69, 9.17) is 22.0 Å². The number of benzene rings is 2. The average molecular weight is 575 g/mol. The Morgan fingerprint density at radius 1 is 1.10 bits per heavy atom. The van der Waals surface area contributed by atoms with Crippen molar-refractivity contribution in [2.24, 2.45) is 0 Å². The first-order valence-electron chi connectivity index (χ1n) is 13.9. The first kappa shape index (κ1) is 27.0. The van der Waals surface area contributed by atoms with Gasteiger partial charge in [-0.1, -0.05) is 29.8 Å². The number of hydrogen-bond acceptors (Lipinski definition) is 4. The molecule has 212 valence electrons. The molecule has 0 atom stereocenters. The summed E-state index contributed by atoms with van der Waals surface area (Å²) < 4.78 is 2.17. The van der Waals surface area contributed by atoms with Gasteiger partial charge in [-0.05, 0) is 55.2 Å². The second-order valence-electron chi connectivity index (χ2n) is 11.1. The Morgan fingerprint density at radius 3 is 2.59 bits per heavy atom. The van der Waals surface area contributed by atoms with Crippen LogP contribution in [0.25, 0.3) is 10.9 Å². The van der Waals surface area contributed by atoms with E-state index in [0.717, 1.165) is 27.8 Å². The Hall–Kier alpha value is -4.23. The topological polar surface area (TPSA) is 122 Å². The minimum atomic E-state index is -0.936. The van der Waals surface area contributed by atoms with Gasteiger partial charge in [0, 0.05) is 72.5 Å². The molecule has 41 heavy (non-hydrogen) atoms. The van der Waals surface area contributed by atoms with Gasteiger partial charge in [0.1, 0.15) is 5.41 Å². The molecule has 4 heterocycles. The first-order valence-corrected chi connectivity index (χ1v) is 14.3. The standard InChI is InChI=1S/C30H31ClN6O4/c31-21-7-8-25-20(15-21)16-23(36(25)12-4-3-11-32)17-37-26-6-2-1-5-24(26)30(27(37)38)18-35(19-30)28(39)33-22-9-13-34(14-10-22)29(40)41/h1-2,5-8,15-16,22H,3-4,9-10,12-14,17-19H2,(H,33,39)(H,40,41). The van der Waals surface area contributed by atoms with E-state index < -0.39 is 11.5 Å². The lowest BCUT2D eigenvalue weighted by molar-refractivity contribution is -0.127. The summed E-state index contributed by atoms with van der Waals surface area (Å²) >= 11 is 6.27. The van der Waals surface area contributed by atoms with Gasteiger partial charge in [-0.25, -0.2) is 9.59 Å². The fourth-order valence-corrected chi connectivity index (χ4v) is 6.64. The van der Waals surface area contributed by atoms with E-state index in [1.54, 1.807) is 4.90 Å². The number of urea groups is 1. The Balaban J connectivity index is 1.20. The number of unbranched alkanes of at least 4 members (excludes halogenated alkanes) is 1. The number of rotatable bonds is 6. The predicted octanol–water partition coefficient (Wildman–Crippen LogP) is 4.55. The van der Waals surface area contributed by atoms with Crippen molar-refractivity contribution < 1.29 is 19.5 Å². The number of piperidine rings is 1. The highest BCUT2D eigenvalue weighted by Gasteiger charge is 2.59. The number of nitriles is 1. The summed E-state index contributed by atoms with van der Waals surface area (Å²) in [6.07, 6.45) is 1.34.